The summed E-state index contributed by atoms with van der Waals surface area (Å²) < 4.78 is 12.5. The van der Waals surface area contributed by atoms with Crippen LogP contribution in [-0.2, 0) is 27.7 Å². The number of hydrogen-bond donors (Lipinski definition) is 2. The van der Waals surface area contributed by atoms with Crippen molar-refractivity contribution in [2.24, 2.45) is 7.05 Å². The van der Waals surface area contributed by atoms with Crippen molar-refractivity contribution in [3.63, 3.8) is 0 Å². The maximum atomic E-state index is 13.3. The highest BCUT2D eigenvalue weighted by atomic mass is 16.5. The fourth-order valence-corrected chi connectivity index (χ4v) is 4.41. The Bertz CT molecular complexity index is 946. The molecule has 8 nitrogen and oxygen atoms in total. The van der Waals surface area contributed by atoms with Crippen molar-refractivity contribution in [1.29, 1.82) is 0 Å². The zero-order valence-electron chi connectivity index (χ0n) is 18.5. The molecule has 31 heavy (non-hydrogen) atoms. The minimum atomic E-state index is -0.424. The molecule has 0 bridgehead atoms. The van der Waals surface area contributed by atoms with Crippen LogP contribution in [0.3, 0.4) is 0 Å². The van der Waals surface area contributed by atoms with Crippen molar-refractivity contribution >= 4 is 22.9 Å². The van der Waals surface area contributed by atoms with Gasteiger partial charge in [0.1, 0.15) is 6.10 Å². The van der Waals surface area contributed by atoms with Crippen LogP contribution >= 0.6 is 0 Å². The van der Waals surface area contributed by atoms with Crippen LogP contribution in [0, 0.1) is 0 Å². The summed E-state index contributed by atoms with van der Waals surface area (Å²) in [5, 5.41) is 7.15. The van der Waals surface area contributed by atoms with Crippen LogP contribution < -0.4 is 10.6 Å². The van der Waals surface area contributed by atoms with Crippen LogP contribution in [0.4, 0.5) is 4.79 Å². The standard InChI is InChI=1S/C23H32N4O4/c1-15(27(18-5-6-18)22(28)21-13-24-10-11-31-21)16-4-7-20-19(12-16)17(14-26(20)2)8-9-25-23(29)30-3/h4,7,12,14-15,18,21,24H,5-6,8-11,13H2,1-3H3,(H,25,29)/t15-,21-/m1/s1. The fraction of sp³-hybridized carbons (Fsp3) is 0.565. The molecular formula is C23H32N4O4. The number of nitrogens with zero attached hydrogens (tertiary/aromatic N) is 2. The van der Waals surface area contributed by atoms with Crippen LogP contribution in [0.5, 0.6) is 0 Å². The van der Waals surface area contributed by atoms with E-state index >= 15 is 0 Å². The highest BCUT2D eigenvalue weighted by molar-refractivity contribution is 5.86. The Kier molecular flexibility index (Phi) is 6.48. The molecule has 2 N–H and O–H groups in total. The van der Waals surface area contributed by atoms with E-state index in [1.807, 2.05) is 11.9 Å². The number of aryl methyl sites for hydroxylation is 1. The molecule has 1 aliphatic carbocycles. The molecule has 2 heterocycles. The maximum Gasteiger partial charge on any atom is 0.406 e. The quantitative estimate of drug-likeness (QED) is 0.706. The van der Waals surface area contributed by atoms with Crippen molar-refractivity contribution in [1.82, 2.24) is 20.1 Å². The number of carbonyl (C=O) groups excluding carboxylic acids is 2. The molecule has 168 valence electrons. The second-order valence-electron chi connectivity index (χ2n) is 8.43. The number of rotatable bonds is 7. The molecule has 2 amide bonds. The van der Waals surface area contributed by atoms with Crippen LogP contribution in [0.25, 0.3) is 10.9 Å². The average molecular weight is 429 g/mol. The Morgan fingerprint density at radius 2 is 2.19 bits per heavy atom. The van der Waals surface area contributed by atoms with Crippen LogP contribution in [0.1, 0.15) is 36.9 Å². The normalized spacial score (nSPS) is 19.8. The first-order valence-electron chi connectivity index (χ1n) is 11.0. The zero-order valence-corrected chi connectivity index (χ0v) is 18.5. The van der Waals surface area contributed by atoms with E-state index in [-0.39, 0.29) is 11.9 Å². The molecule has 0 radical (unpaired) electrons. The lowest BCUT2D eigenvalue weighted by atomic mass is 10.0. The minimum Gasteiger partial charge on any atom is -0.453 e. The summed E-state index contributed by atoms with van der Waals surface area (Å²) in [5.74, 6) is 0.0814. The van der Waals surface area contributed by atoms with Crippen molar-refractivity contribution in [3.05, 3.63) is 35.5 Å². The topological polar surface area (TPSA) is 84.8 Å². The summed E-state index contributed by atoms with van der Waals surface area (Å²) in [6, 6.07) is 6.69. The first-order valence-corrected chi connectivity index (χ1v) is 11.0. The zero-order chi connectivity index (χ0) is 22.0. The molecule has 2 aliphatic rings. The van der Waals surface area contributed by atoms with E-state index in [1.54, 1.807) is 0 Å². The average Bonchev–Trinajstić information content (AvgIpc) is 3.58. The van der Waals surface area contributed by atoms with Gasteiger partial charge in [-0.05, 0) is 49.4 Å². The Balaban J connectivity index is 1.56. The molecule has 1 saturated carbocycles. The lowest BCUT2D eigenvalue weighted by Gasteiger charge is -2.34. The van der Waals surface area contributed by atoms with Crippen LogP contribution in [-0.4, -0.2) is 67.0 Å². The first-order chi connectivity index (χ1) is 15.0. The first kappa shape index (κ1) is 21.6. The molecule has 2 fully saturated rings. The van der Waals surface area contributed by atoms with Gasteiger partial charge in [-0.3, -0.25) is 4.79 Å². The molecule has 0 spiro atoms. The van der Waals surface area contributed by atoms with Gasteiger partial charge in [0.15, 0.2) is 0 Å². The lowest BCUT2D eigenvalue weighted by Crippen LogP contribution is -2.50. The van der Waals surface area contributed by atoms with Gasteiger partial charge in [-0.2, -0.15) is 0 Å². The highest BCUT2D eigenvalue weighted by Crippen LogP contribution is 2.36. The van der Waals surface area contributed by atoms with Crippen LogP contribution in [0.15, 0.2) is 24.4 Å². The smallest absolute Gasteiger partial charge is 0.406 e. The second-order valence-corrected chi connectivity index (χ2v) is 8.43. The number of benzene rings is 1. The van der Waals surface area contributed by atoms with Crippen molar-refractivity contribution < 1.29 is 19.1 Å². The van der Waals surface area contributed by atoms with Gasteiger partial charge in [0, 0.05) is 49.8 Å². The molecule has 0 unspecified atom stereocenters. The van der Waals surface area contributed by atoms with Gasteiger partial charge in [-0.1, -0.05) is 6.07 Å². The van der Waals surface area contributed by atoms with Crippen molar-refractivity contribution in [2.45, 2.75) is 44.4 Å². The van der Waals surface area contributed by atoms with E-state index in [0.717, 1.165) is 41.4 Å². The summed E-state index contributed by atoms with van der Waals surface area (Å²) in [7, 11) is 3.39. The van der Waals surface area contributed by atoms with Gasteiger partial charge in [-0.25, -0.2) is 4.79 Å². The number of alkyl carbamates (subject to hydrolysis) is 1. The van der Waals surface area contributed by atoms with Gasteiger partial charge < -0.3 is 29.6 Å². The third-order valence-electron chi connectivity index (χ3n) is 6.24. The predicted molar refractivity (Wildman–Crippen MR) is 118 cm³/mol. The summed E-state index contributed by atoms with van der Waals surface area (Å²) in [6.07, 6.45) is 4.08. The van der Waals surface area contributed by atoms with Crippen LogP contribution in [0.2, 0.25) is 0 Å². The largest absolute Gasteiger partial charge is 0.453 e. The van der Waals surface area contributed by atoms with Gasteiger partial charge >= 0.3 is 6.09 Å². The van der Waals surface area contributed by atoms with E-state index < -0.39 is 12.2 Å². The SMILES string of the molecule is COC(=O)NCCc1cn(C)c2ccc([C@@H](C)N(C(=O)[C@H]3CNCCO3)C3CC3)cc12. The van der Waals surface area contributed by atoms with Gasteiger partial charge in [0.05, 0.1) is 19.8 Å². The number of ether oxygens (including phenoxy) is 2. The molecule has 2 aromatic rings. The van der Waals surface area contributed by atoms with E-state index in [9.17, 15) is 9.59 Å². The summed E-state index contributed by atoms with van der Waals surface area (Å²) in [5.41, 5.74) is 3.41. The van der Waals surface area contributed by atoms with E-state index in [0.29, 0.717) is 32.2 Å². The number of carbonyl (C=O) groups is 2. The predicted octanol–water partition coefficient (Wildman–Crippen LogP) is 2.12. The number of morpholine rings is 1. The molecule has 1 aliphatic heterocycles. The molecule has 8 heteroatoms. The summed E-state index contributed by atoms with van der Waals surface area (Å²) in [4.78, 5) is 26.7. The molecule has 2 atom stereocenters. The molecular weight excluding hydrogens is 396 g/mol. The number of aromatic nitrogens is 1. The second kappa shape index (κ2) is 9.28. The summed E-state index contributed by atoms with van der Waals surface area (Å²) in [6.45, 7) is 4.55. The maximum absolute atomic E-state index is 13.3. The Morgan fingerprint density at radius 3 is 2.87 bits per heavy atom. The van der Waals surface area contributed by atoms with Crippen molar-refractivity contribution in [2.75, 3.05) is 33.4 Å². The van der Waals surface area contributed by atoms with Gasteiger partial charge in [0.25, 0.3) is 5.91 Å². The third kappa shape index (κ3) is 4.70. The Hall–Kier alpha value is -2.58. The van der Waals surface area contributed by atoms with E-state index in [2.05, 4.69) is 51.3 Å². The summed E-state index contributed by atoms with van der Waals surface area (Å²) >= 11 is 0. The van der Waals surface area contributed by atoms with Gasteiger partial charge in [0.2, 0.25) is 0 Å². The third-order valence-corrected chi connectivity index (χ3v) is 6.24. The monoisotopic (exact) mass is 428 g/mol. The number of amides is 2. The minimum absolute atomic E-state index is 0.0313. The Labute approximate surface area is 182 Å². The van der Waals surface area contributed by atoms with E-state index in [1.165, 1.54) is 7.11 Å². The number of fused-ring (bicyclic) bond motifs is 1. The number of nitrogens with one attached hydrogen (secondary N) is 2. The Morgan fingerprint density at radius 1 is 1.39 bits per heavy atom. The van der Waals surface area contributed by atoms with Gasteiger partial charge in [-0.15, -0.1) is 0 Å². The van der Waals surface area contributed by atoms with Crippen molar-refractivity contribution in [3.8, 4) is 0 Å². The number of methoxy groups -OCH3 is 1. The lowest BCUT2D eigenvalue weighted by molar-refractivity contribution is -0.148. The molecule has 1 aromatic heterocycles. The molecule has 1 aromatic carbocycles. The van der Waals surface area contributed by atoms with E-state index in [4.69, 9.17) is 4.74 Å². The number of hydrogen-bond acceptors (Lipinski definition) is 5. The molecule has 1 saturated heterocycles. The molecule has 4 rings (SSSR count). The highest BCUT2D eigenvalue weighted by Gasteiger charge is 2.40. The fourth-order valence-electron chi connectivity index (χ4n) is 4.41.